The van der Waals surface area contributed by atoms with Gasteiger partial charge in [-0.3, -0.25) is 0 Å². The summed E-state index contributed by atoms with van der Waals surface area (Å²) in [4.78, 5) is 12.3. The highest BCUT2D eigenvalue weighted by molar-refractivity contribution is 5.94. The lowest BCUT2D eigenvalue weighted by Crippen LogP contribution is -2.08. The van der Waals surface area contributed by atoms with Gasteiger partial charge in [0.1, 0.15) is 11.3 Å². The molecule has 0 aliphatic heterocycles. The summed E-state index contributed by atoms with van der Waals surface area (Å²) in [5.41, 5.74) is 2.69. The molecule has 0 N–H and O–H groups in total. The van der Waals surface area contributed by atoms with Crippen LogP contribution in [-0.4, -0.2) is 31.2 Å². The van der Waals surface area contributed by atoms with E-state index in [0.717, 1.165) is 11.1 Å². The summed E-state index contributed by atoms with van der Waals surface area (Å²) in [6.45, 7) is 2.70. The van der Waals surface area contributed by atoms with E-state index in [4.69, 9.17) is 9.15 Å². The Kier molecular flexibility index (Phi) is 3.70. The van der Waals surface area contributed by atoms with Crippen molar-refractivity contribution in [3.63, 3.8) is 0 Å². The molecule has 124 valence electrons. The second-order valence-corrected chi connectivity index (χ2v) is 5.27. The van der Waals surface area contributed by atoms with Gasteiger partial charge in [0.2, 0.25) is 12.3 Å². The van der Waals surface area contributed by atoms with Crippen LogP contribution in [0.4, 0.5) is 0 Å². The Balaban J connectivity index is 1.53. The molecule has 0 radical (unpaired) electrons. The molecule has 2 aromatic carbocycles. The summed E-state index contributed by atoms with van der Waals surface area (Å²) in [6.07, 6.45) is 1.26. The Morgan fingerprint density at radius 3 is 2.72 bits per heavy atom. The summed E-state index contributed by atoms with van der Waals surface area (Å²) < 4.78 is 12.3. The third-order valence-electron chi connectivity index (χ3n) is 3.72. The average molecular weight is 335 g/mol. The molecule has 0 saturated carbocycles. The molecule has 0 saturated heterocycles. The first-order valence-electron chi connectivity index (χ1n) is 7.66. The number of ether oxygens (including phenoxy) is 1. The van der Waals surface area contributed by atoms with Crippen LogP contribution in [0.2, 0.25) is 0 Å². The molecule has 2 heterocycles. The SMILES string of the molecule is CCn1nnc2cc(C(=O)Oc3ccc(-c4nnco4)cc3)ccc21. The zero-order valence-electron chi connectivity index (χ0n) is 13.3. The van der Waals surface area contributed by atoms with Crippen LogP contribution in [0.25, 0.3) is 22.5 Å². The molecule has 0 fully saturated rings. The quantitative estimate of drug-likeness (QED) is 0.418. The Hall–Kier alpha value is -3.55. The lowest BCUT2D eigenvalue weighted by Gasteiger charge is -2.05. The summed E-state index contributed by atoms with van der Waals surface area (Å²) in [7, 11) is 0. The lowest BCUT2D eigenvalue weighted by atomic mass is 10.2. The summed E-state index contributed by atoms with van der Waals surface area (Å²) in [5.74, 6) is 0.367. The fourth-order valence-corrected chi connectivity index (χ4v) is 2.46. The molecular formula is C17H13N5O3. The van der Waals surface area contributed by atoms with E-state index in [2.05, 4.69) is 20.5 Å². The number of aryl methyl sites for hydroxylation is 1. The van der Waals surface area contributed by atoms with Crippen LogP contribution in [0.15, 0.2) is 53.3 Å². The Labute approximate surface area is 142 Å². The van der Waals surface area contributed by atoms with E-state index in [9.17, 15) is 4.79 Å². The van der Waals surface area contributed by atoms with Gasteiger partial charge in [-0.05, 0) is 49.4 Å². The van der Waals surface area contributed by atoms with Gasteiger partial charge in [-0.15, -0.1) is 15.3 Å². The Morgan fingerprint density at radius 2 is 2.00 bits per heavy atom. The highest BCUT2D eigenvalue weighted by Crippen LogP contribution is 2.21. The number of carbonyl (C=O) groups is 1. The van der Waals surface area contributed by atoms with Crippen molar-refractivity contribution in [2.24, 2.45) is 0 Å². The highest BCUT2D eigenvalue weighted by atomic mass is 16.5. The minimum Gasteiger partial charge on any atom is -0.423 e. The van der Waals surface area contributed by atoms with Crippen molar-refractivity contribution in [1.82, 2.24) is 25.2 Å². The number of rotatable bonds is 4. The van der Waals surface area contributed by atoms with Gasteiger partial charge in [0, 0.05) is 12.1 Å². The maximum absolute atomic E-state index is 12.3. The van der Waals surface area contributed by atoms with Crippen LogP contribution in [0.3, 0.4) is 0 Å². The number of hydrogen-bond acceptors (Lipinski definition) is 7. The predicted octanol–water partition coefficient (Wildman–Crippen LogP) is 2.72. The minimum atomic E-state index is -0.460. The summed E-state index contributed by atoms with van der Waals surface area (Å²) in [6, 6.07) is 12.0. The molecule has 0 aliphatic carbocycles. The van der Waals surface area contributed by atoms with Crippen molar-refractivity contribution in [3.8, 4) is 17.2 Å². The van der Waals surface area contributed by atoms with Crippen molar-refractivity contribution in [3.05, 3.63) is 54.4 Å². The molecule has 0 bridgehead atoms. The van der Waals surface area contributed by atoms with E-state index < -0.39 is 5.97 Å². The van der Waals surface area contributed by atoms with Gasteiger partial charge in [-0.1, -0.05) is 5.21 Å². The number of aromatic nitrogens is 5. The van der Waals surface area contributed by atoms with Gasteiger partial charge in [0.15, 0.2) is 0 Å². The van der Waals surface area contributed by atoms with Crippen molar-refractivity contribution < 1.29 is 13.9 Å². The maximum atomic E-state index is 12.3. The number of fused-ring (bicyclic) bond motifs is 1. The van der Waals surface area contributed by atoms with E-state index in [1.165, 1.54) is 6.39 Å². The summed E-state index contributed by atoms with van der Waals surface area (Å²) >= 11 is 0. The molecule has 25 heavy (non-hydrogen) atoms. The molecule has 0 spiro atoms. The topological polar surface area (TPSA) is 95.9 Å². The first-order valence-corrected chi connectivity index (χ1v) is 7.66. The van der Waals surface area contributed by atoms with Crippen LogP contribution >= 0.6 is 0 Å². The standard InChI is InChI=1S/C17H13N5O3/c1-2-22-15-8-5-12(9-14(15)19-21-22)17(23)25-13-6-3-11(4-7-13)16-20-18-10-24-16/h3-10H,2H2,1H3. The molecule has 4 rings (SSSR count). The molecule has 0 amide bonds. The second kappa shape index (κ2) is 6.16. The van der Waals surface area contributed by atoms with Crippen LogP contribution < -0.4 is 4.74 Å². The van der Waals surface area contributed by atoms with Crippen molar-refractivity contribution >= 4 is 17.0 Å². The van der Waals surface area contributed by atoms with E-state index in [-0.39, 0.29) is 0 Å². The Bertz CT molecular complexity index is 1020. The first kappa shape index (κ1) is 15.0. The smallest absolute Gasteiger partial charge is 0.343 e. The molecule has 0 aliphatic rings. The van der Waals surface area contributed by atoms with Gasteiger partial charge in [-0.25, -0.2) is 9.48 Å². The molecule has 0 atom stereocenters. The highest BCUT2D eigenvalue weighted by Gasteiger charge is 2.12. The largest absolute Gasteiger partial charge is 0.423 e. The number of nitrogens with zero attached hydrogens (tertiary/aromatic N) is 5. The van der Waals surface area contributed by atoms with Crippen LogP contribution in [0, 0.1) is 0 Å². The number of hydrogen-bond donors (Lipinski definition) is 0. The van der Waals surface area contributed by atoms with E-state index >= 15 is 0 Å². The zero-order chi connectivity index (χ0) is 17.2. The van der Waals surface area contributed by atoms with Crippen LogP contribution in [0.5, 0.6) is 5.75 Å². The van der Waals surface area contributed by atoms with Gasteiger partial charge < -0.3 is 9.15 Å². The maximum Gasteiger partial charge on any atom is 0.343 e. The molecule has 8 nitrogen and oxygen atoms in total. The van der Waals surface area contributed by atoms with Crippen molar-refractivity contribution in [1.29, 1.82) is 0 Å². The van der Waals surface area contributed by atoms with E-state index in [1.807, 2.05) is 13.0 Å². The lowest BCUT2D eigenvalue weighted by molar-refractivity contribution is 0.0735. The van der Waals surface area contributed by atoms with E-state index in [0.29, 0.717) is 29.3 Å². The molecule has 2 aromatic heterocycles. The van der Waals surface area contributed by atoms with Crippen LogP contribution in [-0.2, 0) is 6.54 Å². The molecular weight excluding hydrogens is 322 g/mol. The average Bonchev–Trinajstić information content (AvgIpc) is 3.31. The third-order valence-corrected chi connectivity index (χ3v) is 3.72. The Morgan fingerprint density at radius 1 is 1.16 bits per heavy atom. The number of benzene rings is 2. The normalized spacial score (nSPS) is 10.9. The molecule has 4 aromatic rings. The first-order chi connectivity index (χ1) is 12.2. The van der Waals surface area contributed by atoms with Gasteiger partial charge in [0.05, 0.1) is 11.1 Å². The second-order valence-electron chi connectivity index (χ2n) is 5.27. The van der Waals surface area contributed by atoms with Crippen molar-refractivity contribution in [2.45, 2.75) is 13.5 Å². The summed E-state index contributed by atoms with van der Waals surface area (Å²) in [5, 5.41) is 15.5. The fraction of sp³-hybridized carbons (Fsp3) is 0.118. The van der Waals surface area contributed by atoms with Crippen LogP contribution in [0.1, 0.15) is 17.3 Å². The van der Waals surface area contributed by atoms with Gasteiger partial charge >= 0.3 is 5.97 Å². The van der Waals surface area contributed by atoms with Gasteiger partial charge in [0.25, 0.3) is 0 Å². The number of carbonyl (C=O) groups excluding carboxylic acids is 1. The van der Waals surface area contributed by atoms with Crippen molar-refractivity contribution in [2.75, 3.05) is 0 Å². The predicted molar refractivity (Wildman–Crippen MR) is 87.9 cm³/mol. The molecule has 0 unspecified atom stereocenters. The third kappa shape index (κ3) is 2.85. The number of esters is 1. The van der Waals surface area contributed by atoms with Gasteiger partial charge in [-0.2, -0.15) is 0 Å². The minimum absolute atomic E-state index is 0.405. The molecule has 8 heteroatoms. The zero-order valence-corrected chi connectivity index (χ0v) is 13.3. The monoisotopic (exact) mass is 335 g/mol. The fourth-order valence-electron chi connectivity index (χ4n) is 2.46. The van der Waals surface area contributed by atoms with E-state index in [1.54, 1.807) is 41.1 Å².